The Morgan fingerprint density at radius 2 is 1.65 bits per heavy atom. The lowest BCUT2D eigenvalue weighted by Crippen LogP contribution is -2.20. The molecule has 118 valence electrons. The Kier molecular flexibility index (Phi) is 4.82. The second kappa shape index (κ2) is 6.98. The quantitative estimate of drug-likeness (QED) is 0.644. The number of amides is 1. The number of anilines is 1. The summed E-state index contributed by atoms with van der Waals surface area (Å²) in [6.07, 6.45) is 0. The first-order chi connectivity index (χ1) is 11.0. The van der Waals surface area contributed by atoms with Gasteiger partial charge >= 0.3 is 5.69 Å². The number of carbonyl (C=O) groups excluding carboxylic acids is 1. The topological polar surface area (TPSA) is 125 Å². The molecule has 9 heteroatoms. The molecule has 0 aliphatic heterocycles. The smallest absolute Gasteiger partial charge is 0.310 e. The molecule has 0 saturated heterocycles. The summed E-state index contributed by atoms with van der Waals surface area (Å²) in [5.41, 5.74) is 0.0153. The van der Waals surface area contributed by atoms with Crippen LogP contribution in [0.4, 0.5) is 17.1 Å². The van der Waals surface area contributed by atoms with E-state index in [4.69, 9.17) is 4.74 Å². The van der Waals surface area contributed by atoms with E-state index in [0.29, 0.717) is 5.69 Å². The van der Waals surface area contributed by atoms with Crippen LogP contribution in [0, 0.1) is 20.2 Å². The van der Waals surface area contributed by atoms with Crippen LogP contribution in [-0.2, 0) is 4.79 Å². The van der Waals surface area contributed by atoms with Gasteiger partial charge < -0.3 is 10.1 Å². The van der Waals surface area contributed by atoms with Crippen LogP contribution in [0.3, 0.4) is 0 Å². The molecule has 0 unspecified atom stereocenters. The zero-order chi connectivity index (χ0) is 16.8. The van der Waals surface area contributed by atoms with Crippen LogP contribution >= 0.6 is 0 Å². The number of hydrogen-bond acceptors (Lipinski definition) is 6. The molecule has 1 N–H and O–H groups in total. The number of nitro benzene ring substituents is 2. The van der Waals surface area contributed by atoms with Gasteiger partial charge in [0.1, 0.15) is 0 Å². The van der Waals surface area contributed by atoms with Crippen molar-refractivity contribution in [2.75, 3.05) is 11.9 Å². The third-order valence-electron chi connectivity index (χ3n) is 2.78. The summed E-state index contributed by atoms with van der Waals surface area (Å²) in [6.45, 7) is -0.429. The molecule has 0 radical (unpaired) electrons. The number of carbonyl (C=O) groups is 1. The summed E-state index contributed by atoms with van der Waals surface area (Å²) in [4.78, 5) is 31.9. The van der Waals surface area contributed by atoms with Crippen molar-refractivity contribution in [3.8, 4) is 5.75 Å². The van der Waals surface area contributed by atoms with Crippen LogP contribution in [0.2, 0.25) is 0 Å². The van der Waals surface area contributed by atoms with Gasteiger partial charge in [0, 0.05) is 23.9 Å². The van der Waals surface area contributed by atoms with E-state index in [2.05, 4.69) is 5.32 Å². The zero-order valence-corrected chi connectivity index (χ0v) is 11.7. The minimum absolute atomic E-state index is 0.0173. The fourth-order valence-corrected chi connectivity index (χ4v) is 1.74. The molecule has 9 nitrogen and oxygen atoms in total. The summed E-state index contributed by atoms with van der Waals surface area (Å²) >= 11 is 0. The van der Waals surface area contributed by atoms with E-state index in [0.717, 1.165) is 0 Å². The maximum absolute atomic E-state index is 11.7. The molecule has 0 heterocycles. The van der Waals surface area contributed by atoms with Crippen molar-refractivity contribution < 1.29 is 19.4 Å². The van der Waals surface area contributed by atoms with Crippen molar-refractivity contribution in [3.05, 3.63) is 68.8 Å². The lowest BCUT2D eigenvalue weighted by atomic mass is 10.3. The van der Waals surface area contributed by atoms with Crippen LogP contribution in [0.1, 0.15) is 0 Å². The van der Waals surface area contributed by atoms with Crippen molar-refractivity contribution in [2.45, 2.75) is 0 Å². The largest absolute Gasteiger partial charge is 0.477 e. The first-order valence-electron chi connectivity index (χ1n) is 6.38. The summed E-state index contributed by atoms with van der Waals surface area (Å²) in [5, 5.41) is 23.8. The monoisotopic (exact) mass is 317 g/mol. The van der Waals surface area contributed by atoms with Crippen molar-refractivity contribution in [2.24, 2.45) is 0 Å². The molecule has 0 saturated carbocycles. The normalized spacial score (nSPS) is 9.91. The van der Waals surface area contributed by atoms with Crippen molar-refractivity contribution >= 4 is 23.0 Å². The number of nitrogens with one attached hydrogen (secondary N) is 1. The minimum Gasteiger partial charge on any atom is -0.477 e. The predicted molar refractivity (Wildman–Crippen MR) is 80.3 cm³/mol. The molecule has 1 amide bonds. The van der Waals surface area contributed by atoms with Crippen LogP contribution in [0.25, 0.3) is 0 Å². The van der Waals surface area contributed by atoms with Gasteiger partial charge in [-0.2, -0.15) is 0 Å². The highest BCUT2D eigenvalue weighted by molar-refractivity contribution is 5.92. The average molecular weight is 317 g/mol. The van der Waals surface area contributed by atoms with Crippen LogP contribution in [-0.4, -0.2) is 22.4 Å². The van der Waals surface area contributed by atoms with E-state index < -0.39 is 22.4 Å². The van der Waals surface area contributed by atoms with Crippen LogP contribution in [0.15, 0.2) is 48.5 Å². The molecule has 0 aliphatic rings. The summed E-state index contributed by atoms with van der Waals surface area (Å²) in [7, 11) is 0. The number of nitro groups is 2. The molecule has 0 aliphatic carbocycles. The first-order valence-corrected chi connectivity index (χ1v) is 6.38. The van der Waals surface area contributed by atoms with E-state index in [9.17, 15) is 25.0 Å². The van der Waals surface area contributed by atoms with Gasteiger partial charge in [-0.25, -0.2) is 0 Å². The Balaban J connectivity index is 1.95. The highest BCUT2D eigenvalue weighted by Gasteiger charge is 2.15. The van der Waals surface area contributed by atoms with Gasteiger partial charge in [-0.3, -0.25) is 25.0 Å². The number of hydrogen-bond donors (Lipinski definition) is 1. The fraction of sp³-hybridized carbons (Fsp3) is 0.0714. The van der Waals surface area contributed by atoms with Crippen LogP contribution in [0.5, 0.6) is 5.75 Å². The number of nitrogens with zero attached hydrogens (tertiary/aromatic N) is 2. The summed E-state index contributed by atoms with van der Waals surface area (Å²) in [6, 6.07) is 10.9. The Hall–Kier alpha value is -3.49. The van der Waals surface area contributed by atoms with Crippen molar-refractivity contribution in [1.82, 2.24) is 0 Å². The van der Waals surface area contributed by atoms with E-state index in [1.165, 1.54) is 42.5 Å². The second-order valence-corrected chi connectivity index (χ2v) is 4.37. The van der Waals surface area contributed by atoms with Gasteiger partial charge in [0.05, 0.1) is 9.85 Å². The molecule has 2 rings (SSSR count). The van der Waals surface area contributed by atoms with E-state index >= 15 is 0 Å². The third kappa shape index (κ3) is 4.24. The maximum Gasteiger partial charge on any atom is 0.310 e. The Labute approximate surface area is 129 Å². The van der Waals surface area contributed by atoms with E-state index in [1.54, 1.807) is 6.07 Å². The lowest BCUT2D eigenvalue weighted by Gasteiger charge is -2.07. The molecule has 0 aromatic heterocycles. The van der Waals surface area contributed by atoms with Crippen molar-refractivity contribution in [1.29, 1.82) is 0 Å². The van der Waals surface area contributed by atoms with E-state index in [-0.39, 0.29) is 17.1 Å². The van der Waals surface area contributed by atoms with Gasteiger partial charge in [-0.1, -0.05) is 12.1 Å². The Morgan fingerprint density at radius 1 is 1.00 bits per heavy atom. The molecule has 0 spiro atoms. The molecule has 0 atom stereocenters. The molecule has 2 aromatic carbocycles. The number of para-hydroxylation sites is 2. The predicted octanol–water partition coefficient (Wildman–Crippen LogP) is 2.52. The van der Waals surface area contributed by atoms with Gasteiger partial charge in [-0.05, 0) is 18.2 Å². The molecule has 23 heavy (non-hydrogen) atoms. The van der Waals surface area contributed by atoms with Gasteiger partial charge in [0.2, 0.25) is 0 Å². The Bertz CT molecular complexity index is 744. The second-order valence-electron chi connectivity index (χ2n) is 4.37. The standard InChI is InChI=1S/C14H11N3O6/c18-14(15-10-5-7-11(8-6-10)16(19)20)9-23-13-4-2-1-3-12(13)17(21)22/h1-8H,9H2,(H,15,18). The molecule has 0 fully saturated rings. The molecular weight excluding hydrogens is 306 g/mol. The number of ether oxygens (including phenoxy) is 1. The maximum atomic E-state index is 11.7. The van der Waals surface area contributed by atoms with Crippen molar-refractivity contribution in [3.63, 3.8) is 0 Å². The Morgan fingerprint density at radius 3 is 2.26 bits per heavy atom. The summed E-state index contributed by atoms with van der Waals surface area (Å²) < 4.78 is 5.13. The van der Waals surface area contributed by atoms with Crippen LogP contribution < -0.4 is 10.1 Å². The highest BCUT2D eigenvalue weighted by Crippen LogP contribution is 2.25. The fourth-order valence-electron chi connectivity index (χ4n) is 1.74. The molecular formula is C14H11N3O6. The number of rotatable bonds is 6. The lowest BCUT2D eigenvalue weighted by molar-refractivity contribution is -0.385. The molecule has 2 aromatic rings. The summed E-state index contributed by atoms with van der Waals surface area (Å²) in [5.74, 6) is -0.562. The van der Waals surface area contributed by atoms with E-state index in [1.807, 2.05) is 0 Å². The van der Waals surface area contributed by atoms with Gasteiger partial charge in [0.15, 0.2) is 12.4 Å². The number of benzene rings is 2. The number of non-ortho nitro benzene ring substituents is 1. The zero-order valence-electron chi connectivity index (χ0n) is 11.7. The SMILES string of the molecule is O=C(COc1ccccc1[N+](=O)[O-])Nc1ccc([N+](=O)[O-])cc1. The van der Waals surface area contributed by atoms with Gasteiger partial charge in [-0.15, -0.1) is 0 Å². The van der Waals surface area contributed by atoms with Gasteiger partial charge in [0.25, 0.3) is 11.6 Å². The minimum atomic E-state index is -0.608. The average Bonchev–Trinajstić information content (AvgIpc) is 2.53. The molecule has 0 bridgehead atoms. The third-order valence-corrected chi connectivity index (χ3v) is 2.78. The first kappa shape index (κ1) is 15.9. The highest BCUT2D eigenvalue weighted by atomic mass is 16.6.